The van der Waals surface area contributed by atoms with Crippen LogP contribution in [0.1, 0.15) is 46.0 Å². The number of primary amides is 1. The van der Waals surface area contributed by atoms with Gasteiger partial charge in [0.05, 0.1) is 6.04 Å². The summed E-state index contributed by atoms with van der Waals surface area (Å²) in [6.45, 7) is 3.77. The van der Waals surface area contributed by atoms with Crippen molar-refractivity contribution >= 4 is 11.8 Å². The maximum absolute atomic E-state index is 12.2. The molecule has 0 aromatic rings. The number of amides is 2. The van der Waals surface area contributed by atoms with Crippen molar-refractivity contribution in [2.24, 2.45) is 17.6 Å². The molecular formula is C14H25N3O2. The van der Waals surface area contributed by atoms with E-state index >= 15 is 0 Å². The molecule has 4 N–H and O–H groups in total. The Bertz CT molecular complexity index is 343. The molecule has 1 aliphatic carbocycles. The molecule has 0 aromatic carbocycles. The highest BCUT2D eigenvalue weighted by atomic mass is 16.2. The van der Waals surface area contributed by atoms with E-state index in [1.807, 2.05) is 13.8 Å². The number of hydrogen-bond donors (Lipinski definition) is 3. The fraction of sp³-hybridized carbons (Fsp3) is 0.857. The highest BCUT2D eigenvalue weighted by molar-refractivity contribution is 5.89. The van der Waals surface area contributed by atoms with Gasteiger partial charge in [-0.2, -0.15) is 0 Å². The van der Waals surface area contributed by atoms with E-state index in [1.165, 1.54) is 19.3 Å². The van der Waals surface area contributed by atoms with Crippen molar-refractivity contribution in [3.8, 4) is 0 Å². The summed E-state index contributed by atoms with van der Waals surface area (Å²) >= 11 is 0. The van der Waals surface area contributed by atoms with Gasteiger partial charge in [-0.05, 0) is 31.1 Å². The van der Waals surface area contributed by atoms with Crippen LogP contribution < -0.4 is 16.4 Å². The molecule has 1 saturated heterocycles. The lowest BCUT2D eigenvalue weighted by Crippen LogP contribution is -2.53. The van der Waals surface area contributed by atoms with Gasteiger partial charge in [0.2, 0.25) is 11.8 Å². The maximum atomic E-state index is 12.2. The summed E-state index contributed by atoms with van der Waals surface area (Å²) in [5.41, 5.74) is 5.33. The van der Waals surface area contributed by atoms with Crippen LogP contribution in [0.3, 0.4) is 0 Å². The molecule has 4 unspecified atom stereocenters. The summed E-state index contributed by atoms with van der Waals surface area (Å²) in [5, 5.41) is 6.20. The Balaban J connectivity index is 1.91. The first kappa shape index (κ1) is 14.3. The molecule has 4 atom stereocenters. The molecule has 2 fully saturated rings. The number of nitrogens with two attached hydrogens (primary N) is 1. The second-order valence-electron chi connectivity index (χ2n) is 6.24. The van der Waals surface area contributed by atoms with Gasteiger partial charge in [-0.15, -0.1) is 0 Å². The molecule has 2 amide bonds. The highest BCUT2D eigenvalue weighted by Crippen LogP contribution is 2.33. The van der Waals surface area contributed by atoms with Crippen molar-refractivity contribution in [3.63, 3.8) is 0 Å². The van der Waals surface area contributed by atoms with Crippen LogP contribution in [-0.4, -0.2) is 29.9 Å². The molecule has 0 aromatic heterocycles. The lowest BCUT2D eigenvalue weighted by molar-refractivity contribution is -0.129. The van der Waals surface area contributed by atoms with Crippen LogP contribution in [0.2, 0.25) is 0 Å². The molecule has 1 heterocycles. The Morgan fingerprint density at radius 1 is 1.26 bits per heavy atom. The fourth-order valence-corrected chi connectivity index (χ4v) is 3.34. The van der Waals surface area contributed by atoms with Gasteiger partial charge in [0.15, 0.2) is 0 Å². The molecular weight excluding hydrogens is 242 g/mol. The largest absolute Gasteiger partial charge is 0.368 e. The number of rotatable bonds is 4. The van der Waals surface area contributed by atoms with E-state index in [0.29, 0.717) is 12.0 Å². The Hall–Kier alpha value is -1.10. The minimum Gasteiger partial charge on any atom is -0.368 e. The molecule has 0 spiro atoms. The van der Waals surface area contributed by atoms with E-state index in [0.717, 1.165) is 12.8 Å². The zero-order valence-electron chi connectivity index (χ0n) is 11.8. The molecule has 19 heavy (non-hydrogen) atoms. The summed E-state index contributed by atoms with van der Waals surface area (Å²) in [6.07, 6.45) is 5.79. The van der Waals surface area contributed by atoms with Gasteiger partial charge in [-0.1, -0.05) is 26.7 Å². The van der Waals surface area contributed by atoms with Crippen molar-refractivity contribution in [2.45, 2.75) is 64.1 Å². The Morgan fingerprint density at radius 2 is 1.95 bits per heavy atom. The van der Waals surface area contributed by atoms with Gasteiger partial charge in [0.1, 0.15) is 6.04 Å². The first-order valence-electron chi connectivity index (χ1n) is 7.34. The maximum Gasteiger partial charge on any atom is 0.240 e. The van der Waals surface area contributed by atoms with Gasteiger partial charge in [0.25, 0.3) is 0 Å². The topological polar surface area (TPSA) is 84.2 Å². The minimum atomic E-state index is -0.572. The average Bonchev–Trinajstić information content (AvgIpc) is 2.78. The molecule has 1 saturated carbocycles. The highest BCUT2D eigenvalue weighted by Gasteiger charge is 2.39. The Kier molecular flexibility index (Phi) is 4.45. The van der Waals surface area contributed by atoms with E-state index in [-0.39, 0.29) is 17.9 Å². The van der Waals surface area contributed by atoms with Gasteiger partial charge >= 0.3 is 0 Å². The van der Waals surface area contributed by atoms with Crippen LogP contribution >= 0.6 is 0 Å². The summed E-state index contributed by atoms with van der Waals surface area (Å²) in [7, 11) is 0. The van der Waals surface area contributed by atoms with Crippen molar-refractivity contribution in [2.75, 3.05) is 0 Å². The van der Waals surface area contributed by atoms with Crippen LogP contribution in [0, 0.1) is 11.8 Å². The quantitative estimate of drug-likeness (QED) is 0.695. The summed E-state index contributed by atoms with van der Waals surface area (Å²) < 4.78 is 0. The number of nitrogens with one attached hydrogen (secondary N) is 2. The van der Waals surface area contributed by atoms with Crippen molar-refractivity contribution in [1.82, 2.24) is 10.6 Å². The molecule has 2 aliphatic rings. The molecule has 2 rings (SSSR count). The predicted octanol–water partition coefficient (Wildman–Crippen LogP) is 0.533. The summed E-state index contributed by atoms with van der Waals surface area (Å²) in [6, 6.07) is -0.249. The fourth-order valence-electron chi connectivity index (χ4n) is 3.34. The van der Waals surface area contributed by atoms with Crippen molar-refractivity contribution < 1.29 is 9.59 Å². The normalized spacial score (nSPS) is 31.8. The second-order valence-corrected chi connectivity index (χ2v) is 6.24. The smallest absolute Gasteiger partial charge is 0.240 e. The molecule has 0 bridgehead atoms. The van der Waals surface area contributed by atoms with Gasteiger partial charge in [-0.25, -0.2) is 0 Å². The van der Waals surface area contributed by atoms with Crippen LogP contribution in [0.25, 0.3) is 0 Å². The second kappa shape index (κ2) is 5.90. The van der Waals surface area contributed by atoms with E-state index in [2.05, 4.69) is 10.6 Å². The van der Waals surface area contributed by atoms with E-state index < -0.39 is 11.9 Å². The lowest BCUT2D eigenvalue weighted by Gasteiger charge is -2.24. The third-order valence-electron chi connectivity index (χ3n) is 4.45. The van der Waals surface area contributed by atoms with Crippen molar-refractivity contribution in [3.05, 3.63) is 0 Å². The van der Waals surface area contributed by atoms with Crippen LogP contribution in [0.4, 0.5) is 0 Å². The van der Waals surface area contributed by atoms with E-state index in [4.69, 9.17) is 5.73 Å². The standard InChI is InChI=1S/C14H25N3O2/c1-8(2)12(13(15)18)17-14(19)11-7-9-5-3-4-6-10(9)16-11/h8-12,16H,3-7H2,1-2H3,(H2,15,18)(H,17,19). The first-order valence-corrected chi connectivity index (χ1v) is 7.34. The lowest BCUT2D eigenvalue weighted by atomic mass is 9.85. The number of carbonyl (C=O) groups excluding carboxylic acids is 2. The Morgan fingerprint density at radius 3 is 2.53 bits per heavy atom. The molecule has 5 nitrogen and oxygen atoms in total. The van der Waals surface area contributed by atoms with Crippen molar-refractivity contribution in [1.29, 1.82) is 0 Å². The number of carbonyl (C=O) groups is 2. The molecule has 108 valence electrons. The average molecular weight is 267 g/mol. The molecule has 1 aliphatic heterocycles. The van der Waals surface area contributed by atoms with Gasteiger partial charge < -0.3 is 16.4 Å². The summed E-state index contributed by atoms with van der Waals surface area (Å²) in [5.74, 6) is 0.103. The van der Waals surface area contributed by atoms with Crippen LogP contribution in [0.5, 0.6) is 0 Å². The molecule has 0 radical (unpaired) electrons. The minimum absolute atomic E-state index is 0.0186. The predicted molar refractivity (Wildman–Crippen MR) is 73.2 cm³/mol. The Labute approximate surface area is 114 Å². The van der Waals surface area contributed by atoms with E-state index in [1.54, 1.807) is 0 Å². The zero-order valence-corrected chi connectivity index (χ0v) is 11.8. The number of hydrogen-bond acceptors (Lipinski definition) is 3. The van der Waals surface area contributed by atoms with Gasteiger partial charge in [0, 0.05) is 6.04 Å². The third-order valence-corrected chi connectivity index (χ3v) is 4.45. The third kappa shape index (κ3) is 3.26. The zero-order chi connectivity index (χ0) is 14.0. The van der Waals surface area contributed by atoms with Crippen LogP contribution in [-0.2, 0) is 9.59 Å². The van der Waals surface area contributed by atoms with E-state index in [9.17, 15) is 9.59 Å². The van der Waals surface area contributed by atoms with Crippen LogP contribution in [0.15, 0.2) is 0 Å². The summed E-state index contributed by atoms with van der Waals surface area (Å²) in [4.78, 5) is 23.6. The first-order chi connectivity index (χ1) is 8.99. The number of fused-ring (bicyclic) bond motifs is 1. The van der Waals surface area contributed by atoms with Gasteiger partial charge in [-0.3, -0.25) is 9.59 Å². The SMILES string of the molecule is CC(C)C(NC(=O)C1CC2CCCCC2N1)C(N)=O. The monoisotopic (exact) mass is 267 g/mol. The molecule has 5 heteroatoms.